The van der Waals surface area contributed by atoms with Crippen LogP contribution in [0.4, 0.5) is 28.4 Å². The Morgan fingerprint density at radius 2 is 0.662 bits per heavy atom. The fourth-order valence-electron chi connectivity index (χ4n) is 11.8. The summed E-state index contributed by atoms with van der Waals surface area (Å²) in [4.78, 5) is 4.72. The van der Waals surface area contributed by atoms with Gasteiger partial charge in [-0.05, 0) is 124 Å². The van der Waals surface area contributed by atoms with E-state index < -0.39 is 5.41 Å². The number of hydrogen-bond acceptors (Lipinski definition) is 4. The van der Waals surface area contributed by atoms with Gasteiger partial charge in [0, 0.05) is 68.4 Å². The zero-order valence-corrected chi connectivity index (χ0v) is 42.3. The highest BCUT2D eigenvalue weighted by molar-refractivity contribution is 5.82. The van der Waals surface area contributed by atoms with Gasteiger partial charge in [-0.15, -0.1) is 0 Å². The van der Waals surface area contributed by atoms with Gasteiger partial charge in [-0.3, -0.25) is 0 Å². The lowest BCUT2D eigenvalue weighted by molar-refractivity contribution is 0.399. The van der Waals surface area contributed by atoms with Crippen molar-refractivity contribution in [1.29, 1.82) is 0 Å². The number of nitrogens with zero attached hydrogens (tertiary/aromatic N) is 2. The standard InChI is InChI=1S/C73H52N2O2/c1-4-16-51(17-5-1)54-28-38-59(39-29-54)74(60-40-30-55(31-41-60)52-18-6-2-7-19-52)61-42-34-57(35-43-61)58-36-46-63(47-37-58)75(62-44-32-56(33-45-62)53-20-8-3-9-21-53)64-48-49-68-72(50-64)77-71-27-15-12-24-67(71)73(68)65-22-10-13-25-69(65)76-70-26-14-11-23-66(70)73/h1-36,38-50,58H,37H2. The molecule has 4 nitrogen and oxygen atoms in total. The molecule has 0 bridgehead atoms. The lowest BCUT2D eigenvalue weighted by Crippen LogP contribution is -2.36. The second kappa shape index (κ2) is 19.4. The number of hydrogen-bond donors (Lipinski definition) is 0. The van der Waals surface area contributed by atoms with E-state index in [1.165, 1.54) is 38.9 Å². The molecule has 0 radical (unpaired) electrons. The van der Waals surface area contributed by atoms with E-state index in [2.05, 4.69) is 307 Å². The SMILES string of the molecule is C1=CC(c2ccc(N(c3ccc(-c4ccccc4)cc3)c3ccc(-c4ccccc4)cc3)cc2)CC=C1N(c1ccc(-c2ccccc2)cc1)c1ccc2c(c1)Oc1ccccc1C21c2ccccc2Oc2ccccc21. The van der Waals surface area contributed by atoms with Gasteiger partial charge in [0.2, 0.25) is 0 Å². The highest BCUT2D eigenvalue weighted by Gasteiger charge is 2.50. The van der Waals surface area contributed by atoms with E-state index in [-0.39, 0.29) is 5.92 Å². The summed E-state index contributed by atoms with van der Waals surface area (Å²) in [5.74, 6) is 3.53. The third kappa shape index (κ3) is 8.19. The third-order valence-electron chi connectivity index (χ3n) is 15.6. The zero-order valence-electron chi connectivity index (χ0n) is 42.3. The van der Waals surface area contributed by atoms with Crippen LogP contribution in [0.25, 0.3) is 33.4 Å². The summed E-state index contributed by atoms with van der Waals surface area (Å²) in [5.41, 5.74) is 18.6. The summed E-state index contributed by atoms with van der Waals surface area (Å²) in [6, 6.07) is 99.7. The maximum absolute atomic E-state index is 7.02. The fraction of sp³-hybridized carbons (Fsp3) is 0.0411. The van der Waals surface area contributed by atoms with Gasteiger partial charge in [0.15, 0.2) is 0 Å². The molecule has 0 amide bonds. The minimum absolute atomic E-state index is 0.191. The number of fused-ring (bicyclic) bond motifs is 8. The molecule has 366 valence electrons. The van der Waals surface area contributed by atoms with Crippen LogP contribution in [0, 0.1) is 0 Å². The molecule has 14 rings (SSSR count). The predicted molar refractivity (Wildman–Crippen MR) is 315 cm³/mol. The molecule has 0 fully saturated rings. The number of ether oxygens (including phenoxy) is 2. The Morgan fingerprint density at radius 1 is 0.312 bits per heavy atom. The molecule has 1 unspecified atom stereocenters. The van der Waals surface area contributed by atoms with Crippen molar-refractivity contribution in [2.45, 2.75) is 17.8 Å². The van der Waals surface area contributed by atoms with Crippen molar-refractivity contribution >= 4 is 28.4 Å². The van der Waals surface area contributed by atoms with Crippen LogP contribution in [-0.4, -0.2) is 0 Å². The van der Waals surface area contributed by atoms with Gasteiger partial charge in [-0.25, -0.2) is 0 Å². The Morgan fingerprint density at radius 3 is 1.09 bits per heavy atom. The van der Waals surface area contributed by atoms with Crippen LogP contribution in [0.1, 0.15) is 40.2 Å². The van der Waals surface area contributed by atoms with Crippen molar-refractivity contribution in [2.75, 3.05) is 9.80 Å². The zero-order chi connectivity index (χ0) is 51.1. The largest absolute Gasteiger partial charge is 0.457 e. The summed E-state index contributed by atoms with van der Waals surface area (Å²) >= 11 is 0. The van der Waals surface area contributed by atoms with Gasteiger partial charge < -0.3 is 19.3 Å². The van der Waals surface area contributed by atoms with Crippen LogP contribution in [-0.2, 0) is 5.41 Å². The maximum atomic E-state index is 7.02. The number of para-hydroxylation sites is 3. The van der Waals surface area contributed by atoms with Crippen LogP contribution in [0.3, 0.4) is 0 Å². The number of rotatable bonds is 10. The number of allylic oxidation sites excluding steroid dienone is 3. The van der Waals surface area contributed by atoms with Gasteiger partial charge in [-0.2, -0.15) is 0 Å². The van der Waals surface area contributed by atoms with Crippen molar-refractivity contribution < 1.29 is 9.47 Å². The van der Waals surface area contributed by atoms with Crippen molar-refractivity contribution in [3.8, 4) is 56.4 Å². The molecule has 2 heterocycles. The predicted octanol–water partition coefficient (Wildman–Crippen LogP) is 19.5. The first-order valence-electron chi connectivity index (χ1n) is 26.5. The average molecular weight is 989 g/mol. The smallest absolute Gasteiger partial charge is 0.134 e. The first kappa shape index (κ1) is 45.7. The fourth-order valence-corrected chi connectivity index (χ4v) is 11.8. The minimum Gasteiger partial charge on any atom is -0.457 e. The second-order valence-electron chi connectivity index (χ2n) is 20.0. The highest BCUT2D eigenvalue weighted by atomic mass is 16.5. The molecular formula is C73H52N2O2. The minimum atomic E-state index is -0.667. The van der Waals surface area contributed by atoms with Crippen LogP contribution < -0.4 is 19.3 Å². The molecule has 1 spiro atoms. The Kier molecular flexibility index (Phi) is 11.5. The van der Waals surface area contributed by atoms with Crippen LogP contribution in [0.5, 0.6) is 23.0 Å². The summed E-state index contributed by atoms with van der Waals surface area (Å²) in [6.45, 7) is 0. The highest BCUT2D eigenvalue weighted by Crippen LogP contribution is 2.62. The van der Waals surface area contributed by atoms with Crippen LogP contribution >= 0.6 is 0 Å². The van der Waals surface area contributed by atoms with E-state index in [1.807, 2.05) is 0 Å². The van der Waals surface area contributed by atoms with Crippen LogP contribution in [0.2, 0.25) is 0 Å². The summed E-state index contributed by atoms with van der Waals surface area (Å²) < 4.78 is 13.7. The van der Waals surface area contributed by atoms with E-state index in [4.69, 9.17) is 9.47 Å². The van der Waals surface area contributed by atoms with Gasteiger partial charge in [-0.1, -0.05) is 212 Å². The summed E-state index contributed by atoms with van der Waals surface area (Å²) in [7, 11) is 0. The Hall–Kier alpha value is -9.90. The second-order valence-corrected chi connectivity index (χ2v) is 20.0. The average Bonchev–Trinajstić information content (AvgIpc) is 3.68. The van der Waals surface area contributed by atoms with Crippen molar-refractivity contribution in [2.24, 2.45) is 0 Å². The molecule has 3 aliphatic rings. The van der Waals surface area contributed by atoms with Crippen LogP contribution in [0.15, 0.2) is 303 Å². The summed E-state index contributed by atoms with van der Waals surface area (Å²) in [5, 5.41) is 0. The Bertz CT molecular complexity index is 3830. The lowest BCUT2D eigenvalue weighted by Gasteiger charge is -2.45. The summed E-state index contributed by atoms with van der Waals surface area (Å²) in [6.07, 6.45) is 7.89. The van der Waals surface area contributed by atoms with E-state index in [1.54, 1.807) is 0 Å². The number of anilines is 5. The first-order valence-corrected chi connectivity index (χ1v) is 26.5. The lowest BCUT2D eigenvalue weighted by atomic mass is 9.62. The normalized spacial score (nSPS) is 14.4. The molecule has 11 aromatic rings. The Labute approximate surface area is 450 Å². The van der Waals surface area contributed by atoms with Gasteiger partial charge >= 0.3 is 0 Å². The van der Waals surface area contributed by atoms with Gasteiger partial charge in [0.1, 0.15) is 23.0 Å². The van der Waals surface area contributed by atoms with E-state index in [9.17, 15) is 0 Å². The van der Waals surface area contributed by atoms with Crippen molar-refractivity contribution in [3.05, 3.63) is 331 Å². The molecule has 77 heavy (non-hydrogen) atoms. The van der Waals surface area contributed by atoms with Gasteiger partial charge in [0.05, 0.1) is 5.41 Å². The maximum Gasteiger partial charge on any atom is 0.134 e. The molecule has 0 saturated heterocycles. The molecule has 4 heteroatoms. The third-order valence-corrected chi connectivity index (χ3v) is 15.6. The van der Waals surface area contributed by atoms with E-state index >= 15 is 0 Å². The van der Waals surface area contributed by atoms with Crippen molar-refractivity contribution in [3.63, 3.8) is 0 Å². The quantitative estimate of drug-likeness (QED) is 0.136. The van der Waals surface area contributed by atoms with E-state index in [0.29, 0.717) is 0 Å². The molecule has 1 aliphatic carbocycles. The van der Waals surface area contributed by atoms with Crippen molar-refractivity contribution in [1.82, 2.24) is 0 Å². The number of benzene rings is 11. The molecule has 11 aromatic carbocycles. The first-order chi connectivity index (χ1) is 38.2. The molecule has 0 aromatic heterocycles. The molecule has 2 aliphatic heterocycles. The Balaban J connectivity index is 0.811. The topological polar surface area (TPSA) is 24.9 Å². The molecule has 1 atom stereocenters. The van der Waals surface area contributed by atoms with Gasteiger partial charge in [0.25, 0.3) is 0 Å². The monoisotopic (exact) mass is 988 g/mol. The molecule has 0 N–H and O–H groups in total. The van der Waals surface area contributed by atoms with E-state index in [0.717, 1.165) is 85.8 Å². The molecular weight excluding hydrogens is 937 g/mol. The molecule has 0 saturated carbocycles.